The molecule has 0 unspecified atom stereocenters. The summed E-state index contributed by atoms with van der Waals surface area (Å²) in [4.78, 5) is 22.2. The second kappa shape index (κ2) is 42.3. The zero-order valence-corrected chi connectivity index (χ0v) is 33.3. The van der Waals surface area contributed by atoms with Gasteiger partial charge in [0.05, 0.1) is 165 Å². The Morgan fingerprint density at radius 1 is 0.472 bits per heavy atom. The van der Waals surface area contributed by atoms with Crippen LogP contribution >= 0.6 is 21.6 Å². The highest BCUT2D eigenvalue weighted by Gasteiger charge is 2.15. The van der Waals surface area contributed by atoms with Gasteiger partial charge in [-0.25, -0.2) is 0 Å². The first-order valence-corrected chi connectivity index (χ1v) is 21.3. The highest BCUT2D eigenvalue weighted by atomic mass is 33.1. The van der Waals surface area contributed by atoms with Gasteiger partial charge in [0.15, 0.2) is 0 Å². The molecule has 0 saturated carbocycles. The molecule has 1 rings (SSSR count). The van der Waals surface area contributed by atoms with E-state index in [-0.39, 0.29) is 18.9 Å². The lowest BCUT2D eigenvalue weighted by molar-refractivity contribution is -0.138. The van der Waals surface area contributed by atoms with Crippen molar-refractivity contribution in [1.29, 1.82) is 0 Å². The van der Waals surface area contributed by atoms with Crippen molar-refractivity contribution >= 4 is 33.5 Å². The number of hydrogen-bond acceptors (Lipinski definition) is 16. The van der Waals surface area contributed by atoms with Gasteiger partial charge in [-0.15, -0.1) is 0 Å². The van der Waals surface area contributed by atoms with Gasteiger partial charge in [-0.05, 0) is 19.3 Å². The van der Waals surface area contributed by atoms with E-state index >= 15 is 0 Å². The minimum atomic E-state index is -0.876. The lowest BCUT2D eigenvalue weighted by atomic mass is 10.1. The molecule has 0 spiro atoms. The average Bonchev–Trinajstić information content (AvgIpc) is 3.68. The number of carboxylic acids is 1. The molecule has 53 heavy (non-hydrogen) atoms. The van der Waals surface area contributed by atoms with Crippen LogP contribution in [0.4, 0.5) is 0 Å². The smallest absolute Gasteiger partial charge is 0.305 e. The minimum Gasteiger partial charge on any atom is -0.481 e. The van der Waals surface area contributed by atoms with Crippen LogP contribution in [0.3, 0.4) is 0 Å². The summed E-state index contributed by atoms with van der Waals surface area (Å²) in [6.45, 7) is 11.6. The van der Waals surface area contributed by atoms with Crippen LogP contribution in [0.2, 0.25) is 0 Å². The van der Waals surface area contributed by atoms with Gasteiger partial charge >= 0.3 is 5.97 Å². The molecule has 0 radical (unpaired) electrons. The van der Waals surface area contributed by atoms with Gasteiger partial charge in [-0.2, -0.15) is 0 Å². The van der Waals surface area contributed by atoms with Crippen molar-refractivity contribution in [1.82, 2.24) is 5.32 Å². The first kappa shape index (κ1) is 50.2. The van der Waals surface area contributed by atoms with Crippen molar-refractivity contribution in [3.63, 3.8) is 0 Å². The SMILES string of the molecule is O=C(O)CCOCCOCCOCCOCCOCCOCCOCCOCCOCCOCCOCCOCCNC(=O)CCCC[C@H]1CCSS1. The third-order valence-corrected chi connectivity index (χ3v) is 10.0. The van der Waals surface area contributed by atoms with Crippen molar-refractivity contribution in [3.8, 4) is 0 Å². The van der Waals surface area contributed by atoms with Gasteiger partial charge < -0.3 is 67.3 Å². The van der Waals surface area contributed by atoms with Gasteiger partial charge in [-0.1, -0.05) is 28.0 Å². The molecular weight excluding hydrogens is 739 g/mol. The fraction of sp³-hybridized carbons (Fsp3) is 0.943. The predicted octanol–water partition coefficient (Wildman–Crippen LogP) is 2.49. The Morgan fingerprint density at radius 2 is 0.811 bits per heavy atom. The molecule has 2 N–H and O–H groups in total. The summed E-state index contributed by atoms with van der Waals surface area (Å²) in [6, 6.07) is 0. The van der Waals surface area contributed by atoms with Gasteiger partial charge in [0.25, 0.3) is 0 Å². The van der Waals surface area contributed by atoms with Crippen molar-refractivity contribution in [2.24, 2.45) is 0 Å². The van der Waals surface area contributed by atoms with Crippen molar-refractivity contribution < 1.29 is 71.5 Å². The molecule has 314 valence electrons. The maximum atomic E-state index is 11.9. The van der Waals surface area contributed by atoms with Crippen LogP contribution in [-0.4, -0.2) is 193 Å². The quantitative estimate of drug-likeness (QED) is 0.0678. The van der Waals surface area contributed by atoms with Gasteiger partial charge in [-0.3, -0.25) is 9.59 Å². The Morgan fingerprint density at radius 3 is 1.13 bits per heavy atom. The monoisotopic (exact) mass is 805 g/mol. The Kier molecular flexibility index (Phi) is 40.1. The van der Waals surface area contributed by atoms with E-state index in [4.69, 9.17) is 61.9 Å². The van der Waals surface area contributed by atoms with E-state index in [0.717, 1.165) is 18.1 Å². The lowest BCUT2D eigenvalue weighted by Gasteiger charge is -2.09. The number of amides is 1. The summed E-state index contributed by atoms with van der Waals surface area (Å²) in [5.41, 5.74) is 0. The maximum absolute atomic E-state index is 11.9. The molecule has 0 aromatic carbocycles. The van der Waals surface area contributed by atoms with Crippen LogP contribution in [0.5, 0.6) is 0 Å². The minimum absolute atomic E-state index is 0.00481. The zero-order valence-electron chi connectivity index (χ0n) is 31.7. The molecule has 1 aliphatic heterocycles. The Hall–Kier alpha value is -0.840. The van der Waals surface area contributed by atoms with Crippen LogP contribution < -0.4 is 5.32 Å². The molecule has 0 aromatic heterocycles. The van der Waals surface area contributed by atoms with Crippen LogP contribution in [0, 0.1) is 0 Å². The number of aliphatic carboxylic acids is 1. The maximum Gasteiger partial charge on any atom is 0.305 e. The Bertz CT molecular complexity index is 788. The summed E-state index contributed by atoms with van der Waals surface area (Å²) in [5, 5.41) is 12.2. The van der Waals surface area contributed by atoms with Crippen LogP contribution in [0.1, 0.15) is 38.5 Å². The summed E-state index contributed by atoms with van der Waals surface area (Å²) in [5.74, 6) is 0.490. The first-order chi connectivity index (χ1) is 26.2. The van der Waals surface area contributed by atoms with E-state index in [1.54, 1.807) is 0 Å². The number of rotatable bonds is 44. The number of carboxylic acid groups (broad SMARTS) is 1. The third-order valence-electron chi connectivity index (χ3n) is 7.03. The second-order valence-electron chi connectivity index (χ2n) is 11.4. The van der Waals surface area contributed by atoms with Crippen LogP contribution in [0.25, 0.3) is 0 Å². The van der Waals surface area contributed by atoms with E-state index in [1.165, 1.54) is 18.6 Å². The lowest BCUT2D eigenvalue weighted by Crippen LogP contribution is -2.27. The highest BCUT2D eigenvalue weighted by Crippen LogP contribution is 2.39. The van der Waals surface area contributed by atoms with Gasteiger partial charge in [0.2, 0.25) is 5.91 Å². The Balaban J connectivity index is 1.61. The number of carbonyl (C=O) groups excluding carboxylic acids is 1. The second-order valence-corrected chi connectivity index (χ2v) is 14.2. The molecule has 0 bridgehead atoms. The Labute approximate surface area is 324 Å². The highest BCUT2D eigenvalue weighted by molar-refractivity contribution is 8.77. The number of ether oxygens (including phenoxy) is 12. The summed E-state index contributed by atoms with van der Waals surface area (Å²) in [7, 11) is 3.96. The molecule has 0 aromatic rings. The van der Waals surface area contributed by atoms with E-state index in [9.17, 15) is 9.59 Å². The normalized spacial score (nSPS) is 14.3. The fourth-order valence-electron chi connectivity index (χ4n) is 4.25. The van der Waals surface area contributed by atoms with E-state index < -0.39 is 5.97 Å². The van der Waals surface area contributed by atoms with E-state index in [2.05, 4.69) is 5.32 Å². The van der Waals surface area contributed by atoms with Crippen molar-refractivity contribution in [3.05, 3.63) is 0 Å². The van der Waals surface area contributed by atoms with E-state index in [1.807, 2.05) is 21.6 Å². The molecule has 1 atom stereocenters. The average molecular weight is 806 g/mol. The first-order valence-electron chi connectivity index (χ1n) is 18.9. The standard InChI is InChI=1S/C35H67NO15S2/c37-34(4-2-1-3-33-6-32-52-53-33)36-7-9-41-11-13-43-15-17-45-19-21-47-23-25-49-27-29-51-31-30-50-28-26-48-24-22-46-20-18-44-16-14-42-12-10-40-8-5-35(38)39/h33H,1-32H2,(H,36,37)(H,38,39)/t33-/m0/s1. The summed E-state index contributed by atoms with van der Waals surface area (Å²) < 4.78 is 65.2. The summed E-state index contributed by atoms with van der Waals surface area (Å²) >= 11 is 0. The molecule has 1 fully saturated rings. The molecular formula is C35H67NO15S2. The topological polar surface area (TPSA) is 177 Å². The van der Waals surface area contributed by atoms with Gasteiger partial charge in [0.1, 0.15) is 0 Å². The molecule has 18 heteroatoms. The largest absolute Gasteiger partial charge is 0.481 e. The molecule has 1 saturated heterocycles. The van der Waals surface area contributed by atoms with Crippen LogP contribution in [0.15, 0.2) is 0 Å². The number of carbonyl (C=O) groups is 2. The molecule has 1 amide bonds. The van der Waals surface area contributed by atoms with Gasteiger partial charge in [0, 0.05) is 24.0 Å². The molecule has 0 aliphatic carbocycles. The fourth-order valence-corrected chi connectivity index (χ4v) is 7.28. The molecule has 1 heterocycles. The number of unbranched alkanes of at least 4 members (excludes halogenated alkanes) is 1. The predicted molar refractivity (Wildman–Crippen MR) is 202 cm³/mol. The molecule has 1 aliphatic rings. The summed E-state index contributed by atoms with van der Waals surface area (Å²) in [6.07, 6.45) is 5.19. The molecule has 16 nitrogen and oxygen atoms in total. The number of hydrogen-bond donors (Lipinski definition) is 2. The van der Waals surface area contributed by atoms with Crippen LogP contribution in [-0.2, 0) is 66.4 Å². The third kappa shape index (κ3) is 40.6. The number of nitrogens with one attached hydrogen (secondary N) is 1. The van der Waals surface area contributed by atoms with E-state index in [0.29, 0.717) is 165 Å². The van der Waals surface area contributed by atoms with Crippen molar-refractivity contribution in [2.45, 2.75) is 43.8 Å². The van der Waals surface area contributed by atoms with Crippen molar-refractivity contribution in [2.75, 3.05) is 171 Å². The zero-order chi connectivity index (χ0) is 38.0.